The Labute approximate surface area is 401 Å². The zero-order chi connectivity index (χ0) is 48.4. The number of urea groups is 1. The fraction of sp³-hybridized carbons (Fsp3) is 0.481. The molecule has 1 spiro atoms. The number of aromatic hydroxyl groups is 1. The first-order valence-corrected chi connectivity index (χ1v) is 24.1. The maximum atomic E-state index is 14.3. The molecule has 4 fully saturated rings. The lowest BCUT2D eigenvalue weighted by Crippen LogP contribution is -2.70. The number of anilines is 1. The van der Waals surface area contributed by atoms with Crippen LogP contribution in [0.1, 0.15) is 99.7 Å². The number of hydrogen-bond donors (Lipinski definition) is 5. The number of terminal acetylenes is 1. The number of aliphatic hydroxyl groups is 1. The van der Waals surface area contributed by atoms with Gasteiger partial charge in [0.2, 0.25) is 17.8 Å². The number of aromatic amines is 1. The highest BCUT2D eigenvalue weighted by Gasteiger charge is 2.56. The molecule has 0 unspecified atom stereocenters. The van der Waals surface area contributed by atoms with Crippen molar-refractivity contribution >= 4 is 34.8 Å². The van der Waals surface area contributed by atoms with Gasteiger partial charge < -0.3 is 45.4 Å². The number of nitrogens with one attached hydrogen (secondary N) is 3. The van der Waals surface area contributed by atoms with Crippen LogP contribution < -0.4 is 15.5 Å². The largest absolute Gasteiger partial charge is 0.507 e. The molecule has 3 aromatic heterocycles. The van der Waals surface area contributed by atoms with E-state index in [0.29, 0.717) is 47.8 Å². The van der Waals surface area contributed by atoms with Gasteiger partial charge in [0.05, 0.1) is 23.4 Å². The highest BCUT2D eigenvalue weighted by Crippen LogP contribution is 2.51. The van der Waals surface area contributed by atoms with Crippen LogP contribution in [-0.2, 0) is 22.6 Å². The van der Waals surface area contributed by atoms with Crippen LogP contribution in [0.25, 0.3) is 22.3 Å². The molecule has 4 amide bonds. The van der Waals surface area contributed by atoms with Gasteiger partial charge in [0.15, 0.2) is 5.65 Å². The molecule has 17 heteroatoms. The zero-order valence-electron chi connectivity index (χ0n) is 39.6. The third-order valence-corrected chi connectivity index (χ3v) is 15.4. The molecule has 5 aromatic rings. The third-order valence-electron chi connectivity index (χ3n) is 15.4. The number of hydrogen-bond acceptors (Lipinski definition) is 11. The van der Waals surface area contributed by atoms with Gasteiger partial charge in [0.25, 0.3) is 0 Å². The number of likely N-dealkylation sites (tertiary alicyclic amines) is 3. The molecule has 1 saturated carbocycles. The van der Waals surface area contributed by atoms with E-state index in [4.69, 9.17) is 16.4 Å². The van der Waals surface area contributed by atoms with E-state index >= 15 is 0 Å². The SMILES string of the molecule is C#Cc1ccc(CNC(=O)[C@@H]2C[C@@H](O)CN2C(=O)[C@@H](NC(=O)N2CC3(CC(N4CCC(c5cnc(N6CCc7[nH]c8nnc(-c9ccccc9O)cc8c7[C@H]6C)nc5)CC4)C3)C2)C(C)(C)C)cc1F. The summed E-state index contributed by atoms with van der Waals surface area (Å²) in [4.78, 5) is 62.5. The van der Waals surface area contributed by atoms with E-state index in [-0.39, 0.29) is 48.3 Å². The summed E-state index contributed by atoms with van der Waals surface area (Å²) in [5.41, 5.74) is 5.48. The predicted molar refractivity (Wildman–Crippen MR) is 257 cm³/mol. The number of halogens is 1. The fourth-order valence-corrected chi connectivity index (χ4v) is 11.5. The number of rotatable bonds is 9. The highest BCUT2D eigenvalue weighted by molar-refractivity contribution is 5.93. The summed E-state index contributed by atoms with van der Waals surface area (Å²) in [5, 5.41) is 36.7. The molecule has 5 aliphatic rings. The van der Waals surface area contributed by atoms with E-state index in [9.17, 15) is 29.0 Å². The molecule has 10 rings (SSSR count). The van der Waals surface area contributed by atoms with Crippen molar-refractivity contribution in [3.05, 3.63) is 94.7 Å². The number of β-amino-alcohol motifs (C(OH)–C–C–N with tert-alkyl or cyclic N) is 1. The molecule has 4 aliphatic heterocycles. The number of nitrogens with zero attached hydrogens (tertiary/aromatic N) is 8. The summed E-state index contributed by atoms with van der Waals surface area (Å²) in [6.07, 6.45) is 13.4. The zero-order valence-corrected chi connectivity index (χ0v) is 39.6. The minimum absolute atomic E-state index is 0.00279. The van der Waals surface area contributed by atoms with Gasteiger partial charge in [-0.2, -0.15) is 0 Å². The highest BCUT2D eigenvalue weighted by atomic mass is 19.1. The van der Waals surface area contributed by atoms with E-state index in [2.05, 4.69) is 48.5 Å². The normalized spacial score (nSPS) is 22.2. The lowest BCUT2D eigenvalue weighted by molar-refractivity contribution is -0.142. The Kier molecular flexibility index (Phi) is 12.0. The summed E-state index contributed by atoms with van der Waals surface area (Å²) in [7, 11) is 0. The molecule has 0 radical (unpaired) electrons. The first-order chi connectivity index (χ1) is 33.1. The Morgan fingerprint density at radius 2 is 1.77 bits per heavy atom. The molecule has 2 aromatic carbocycles. The van der Waals surface area contributed by atoms with E-state index < -0.39 is 41.2 Å². The minimum Gasteiger partial charge on any atom is -0.507 e. The number of carbonyl (C=O) groups is 3. The number of fused-ring (bicyclic) bond motifs is 3. The van der Waals surface area contributed by atoms with Crippen molar-refractivity contribution in [2.75, 3.05) is 44.2 Å². The van der Waals surface area contributed by atoms with Crippen LogP contribution in [0.4, 0.5) is 15.1 Å². The van der Waals surface area contributed by atoms with Gasteiger partial charge in [-0.05, 0) is 98.5 Å². The first-order valence-electron chi connectivity index (χ1n) is 24.1. The van der Waals surface area contributed by atoms with E-state index in [1.165, 1.54) is 17.0 Å². The van der Waals surface area contributed by atoms with Gasteiger partial charge >= 0.3 is 6.03 Å². The summed E-state index contributed by atoms with van der Waals surface area (Å²) in [5.74, 6) is 2.07. The molecular formula is C52H60FN11O5. The summed E-state index contributed by atoms with van der Waals surface area (Å²) >= 11 is 0. The molecule has 0 bridgehead atoms. The number of aromatic nitrogens is 5. The number of para-hydroxylation sites is 1. The summed E-state index contributed by atoms with van der Waals surface area (Å²) in [6, 6.07) is 11.8. The fourth-order valence-electron chi connectivity index (χ4n) is 11.5. The Hall–Kier alpha value is -6.64. The van der Waals surface area contributed by atoms with Crippen LogP contribution in [0.3, 0.4) is 0 Å². The van der Waals surface area contributed by atoms with Gasteiger partial charge in [-0.15, -0.1) is 16.6 Å². The number of phenols is 1. The topological polar surface area (TPSA) is 196 Å². The van der Waals surface area contributed by atoms with Crippen molar-refractivity contribution in [1.29, 1.82) is 0 Å². The Morgan fingerprint density at radius 1 is 1.03 bits per heavy atom. The average Bonchev–Trinajstić information content (AvgIpc) is 3.89. The second kappa shape index (κ2) is 18.0. The quantitative estimate of drug-likeness (QED) is 0.119. The lowest BCUT2D eigenvalue weighted by atomic mass is 9.60. The number of amides is 4. The Balaban J connectivity index is 0.693. The van der Waals surface area contributed by atoms with Crippen molar-refractivity contribution in [3.8, 4) is 29.4 Å². The number of benzene rings is 2. The molecule has 7 heterocycles. The second-order valence-electron chi connectivity index (χ2n) is 21.0. The van der Waals surface area contributed by atoms with Crippen LogP contribution in [0.15, 0.2) is 60.9 Å². The maximum Gasteiger partial charge on any atom is 0.318 e. The van der Waals surface area contributed by atoms with Gasteiger partial charge in [-0.1, -0.05) is 44.9 Å². The Bertz CT molecular complexity index is 2820. The van der Waals surface area contributed by atoms with Crippen LogP contribution in [0.5, 0.6) is 5.75 Å². The van der Waals surface area contributed by atoms with E-state index in [1.54, 1.807) is 23.1 Å². The molecular weight excluding hydrogens is 878 g/mol. The third kappa shape index (κ3) is 8.84. The predicted octanol–water partition coefficient (Wildman–Crippen LogP) is 5.41. The van der Waals surface area contributed by atoms with Crippen LogP contribution in [-0.4, -0.2) is 131 Å². The monoisotopic (exact) mass is 937 g/mol. The van der Waals surface area contributed by atoms with Crippen LogP contribution in [0, 0.1) is 29.0 Å². The van der Waals surface area contributed by atoms with Crippen LogP contribution in [0.2, 0.25) is 0 Å². The van der Waals surface area contributed by atoms with Crippen molar-refractivity contribution in [2.45, 2.75) is 109 Å². The number of aliphatic hydroxyl groups excluding tert-OH is 1. The standard InChI is InChI=1S/C52H60FN11O5/c1-6-32-12-11-31(19-39(32)53)24-54-47(67)42-20-36(65)27-64(42)48(68)45(51(3,4)5)58-50(69)62-28-52(29-62)22-35(23-52)61-16-13-33(14-17-61)34-25-55-49(56-26-34)63-18-15-40-44(30(63)2)38-21-41(59-60-46(38)57-40)37-9-7-8-10-43(37)66/h1,7-12,19,21,25-26,30,33,35-36,42,45,65-66H,13-18,20,22-24,27-29H2,2-5H3,(H,54,67)(H,57,60)(H,58,69)/t30-,36-,42+,45-/m1/s1. The minimum atomic E-state index is -0.946. The Morgan fingerprint density at radius 3 is 2.46 bits per heavy atom. The molecule has 360 valence electrons. The number of carbonyl (C=O) groups excluding carboxylic acids is 3. The maximum absolute atomic E-state index is 14.3. The van der Waals surface area contributed by atoms with Crippen molar-refractivity contribution < 1.29 is 29.0 Å². The van der Waals surface area contributed by atoms with Gasteiger partial charge in [0, 0.05) is 91.6 Å². The summed E-state index contributed by atoms with van der Waals surface area (Å²) < 4.78 is 14.3. The molecule has 3 saturated heterocycles. The number of piperidine rings is 1. The van der Waals surface area contributed by atoms with Crippen LogP contribution >= 0.6 is 0 Å². The lowest BCUT2D eigenvalue weighted by Gasteiger charge is -2.61. The molecule has 16 nitrogen and oxygen atoms in total. The second-order valence-corrected chi connectivity index (χ2v) is 21.0. The smallest absolute Gasteiger partial charge is 0.318 e. The van der Waals surface area contributed by atoms with Crippen molar-refractivity contribution in [1.82, 2.24) is 50.5 Å². The van der Waals surface area contributed by atoms with Crippen molar-refractivity contribution in [2.24, 2.45) is 10.8 Å². The van der Waals surface area contributed by atoms with Gasteiger partial charge in [-0.25, -0.2) is 19.2 Å². The van der Waals surface area contributed by atoms with Gasteiger partial charge in [0.1, 0.15) is 23.7 Å². The van der Waals surface area contributed by atoms with E-state index in [0.717, 1.165) is 79.6 Å². The van der Waals surface area contributed by atoms with Crippen molar-refractivity contribution in [3.63, 3.8) is 0 Å². The number of phenolic OH excluding ortho intramolecular Hbond substituents is 1. The molecule has 4 atom stereocenters. The van der Waals surface area contributed by atoms with E-state index in [1.807, 2.05) is 51.4 Å². The first kappa shape index (κ1) is 46.1. The summed E-state index contributed by atoms with van der Waals surface area (Å²) in [6.45, 7) is 11.8. The van der Waals surface area contributed by atoms with Gasteiger partial charge in [-0.3, -0.25) is 9.59 Å². The molecule has 69 heavy (non-hydrogen) atoms. The number of H-pyrrole nitrogens is 1. The molecule has 5 N–H and O–H groups in total. The molecule has 1 aliphatic carbocycles. The average molecular weight is 938 g/mol.